The van der Waals surface area contributed by atoms with Crippen molar-refractivity contribution >= 4 is 52.7 Å². The Bertz CT molecular complexity index is 811. The van der Waals surface area contributed by atoms with Crippen LogP contribution in [-0.4, -0.2) is 11.9 Å². The molecule has 0 saturated heterocycles. The molecule has 0 N–H and O–H groups in total. The van der Waals surface area contributed by atoms with Crippen molar-refractivity contribution in [3.8, 4) is 0 Å². The number of esters is 1. The maximum absolute atomic E-state index is 11.9. The van der Waals surface area contributed by atoms with Gasteiger partial charge in [0, 0.05) is 10.6 Å². The number of carbonyl (C=O) groups excluding carboxylic acids is 1. The van der Waals surface area contributed by atoms with Crippen LogP contribution in [0.25, 0.3) is 6.08 Å². The van der Waals surface area contributed by atoms with Crippen molar-refractivity contribution in [2.45, 2.75) is 0 Å². The van der Waals surface area contributed by atoms with Gasteiger partial charge < -0.3 is 4.74 Å². The fourth-order valence-electron chi connectivity index (χ4n) is 1.90. The minimum absolute atomic E-state index is 0.161. The Hall–Kier alpha value is -1.81. The van der Waals surface area contributed by atoms with Gasteiger partial charge in [-0.3, -0.25) is 0 Å². The molecule has 0 fully saturated rings. The van der Waals surface area contributed by atoms with Gasteiger partial charge in [0.15, 0.2) is 5.70 Å². The van der Waals surface area contributed by atoms with E-state index >= 15 is 0 Å². The highest BCUT2D eigenvalue weighted by Gasteiger charge is 2.24. The smallest absolute Gasteiger partial charge is 0.363 e. The molecule has 1 aliphatic heterocycles. The zero-order valence-corrected chi connectivity index (χ0v) is 13.3. The van der Waals surface area contributed by atoms with E-state index in [0.29, 0.717) is 26.2 Å². The van der Waals surface area contributed by atoms with Gasteiger partial charge in [0.2, 0.25) is 5.90 Å². The Kier molecular flexibility index (Phi) is 4.21. The van der Waals surface area contributed by atoms with Crippen LogP contribution >= 0.6 is 34.8 Å². The van der Waals surface area contributed by atoms with Crippen molar-refractivity contribution in [1.82, 2.24) is 0 Å². The van der Waals surface area contributed by atoms with Gasteiger partial charge >= 0.3 is 5.97 Å². The monoisotopic (exact) mass is 351 g/mol. The average molecular weight is 353 g/mol. The Morgan fingerprint density at radius 1 is 1.00 bits per heavy atom. The van der Waals surface area contributed by atoms with Gasteiger partial charge in [-0.05, 0) is 42.0 Å². The van der Waals surface area contributed by atoms with Crippen LogP contribution in [0.2, 0.25) is 15.1 Å². The number of cyclic esters (lactones) is 1. The fourth-order valence-corrected chi connectivity index (χ4v) is 2.39. The third kappa shape index (κ3) is 3.02. The molecule has 2 aromatic rings. The number of hydrogen-bond donors (Lipinski definition) is 0. The van der Waals surface area contributed by atoms with Crippen molar-refractivity contribution in [1.29, 1.82) is 0 Å². The summed E-state index contributed by atoms with van der Waals surface area (Å²) in [6.07, 6.45) is 1.54. The van der Waals surface area contributed by atoms with Gasteiger partial charge in [-0.25, -0.2) is 9.79 Å². The van der Waals surface area contributed by atoms with Crippen molar-refractivity contribution in [2.24, 2.45) is 4.99 Å². The zero-order chi connectivity index (χ0) is 15.7. The van der Waals surface area contributed by atoms with Crippen molar-refractivity contribution in [3.63, 3.8) is 0 Å². The molecule has 3 rings (SSSR count). The predicted molar refractivity (Wildman–Crippen MR) is 88.5 cm³/mol. The van der Waals surface area contributed by atoms with Crippen LogP contribution in [0.3, 0.4) is 0 Å². The summed E-state index contributed by atoms with van der Waals surface area (Å²) < 4.78 is 5.17. The van der Waals surface area contributed by atoms with Crippen LogP contribution in [0.15, 0.2) is 53.2 Å². The summed E-state index contributed by atoms with van der Waals surface area (Å²) in [5, 5.41) is 1.36. The Labute approximate surface area is 141 Å². The zero-order valence-electron chi connectivity index (χ0n) is 11.0. The molecule has 110 valence electrons. The van der Waals surface area contributed by atoms with Gasteiger partial charge in [-0.15, -0.1) is 0 Å². The number of nitrogens with zero attached hydrogens (tertiary/aromatic N) is 1. The average Bonchev–Trinajstić information content (AvgIpc) is 2.86. The summed E-state index contributed by atoms with van der Waals surface area (Å²) in [6, 6.07) is 12.0. The van der Waals surface area contributed by atoms with Crippen LogP contribution < -0.4 is 0 Å². The number of aliphatic imine (C=N–C) groups is 1. The molecule has 1 heterocycles. The van der Waals surface area contributed by atoms with Gasteiger partial charge in [0.25, 0.3) is 0 Å². The number of halogens is 3. The van der Waals surface area contributed by atoms with Crippen molar-refractivity contribution < 1.29 is 9.53 Å². The molecule has 22 heavy (non-hydrogen) atoms. The lowest BCUT2D eigenvalue weighted by Gasteiger charge is -2.00. The van der Waals surface area contributed by atoms with Gasteiger partial charge in [0.05, 0.1) is 10.0 Å². The maximum Gasteiger partial charge on any atom is 0.363 e. The van der Waals surface area contributed by atoms with Crippen LogP contribution in [0.1, 0.15) is 11.1 Å². The van der Waals surface area contributed by atoms with E-state index in [-0.39, 0.29) is 11.6 Å². The van der Waals surface area contributed by atoms with E-state index in [4.69, 9.17) is 39.5 Å². The first-order valence-electron chi connectivity index (χ1n) is 6.27. The summed E-state index contributed by atoms with van der Waals surface area (Å²) in [7, 11) is 0. The highest BCUT2D eigenvalue weighted by molar-refractivity contribution is 6.43. The van der Waals surface area contributed by atoms with Crippen molar-refractivity contribution in [2.75, 3.05) is 0 Å². The second kappa shape index (κ2) is 6.13. The van der Waals surface area contributed by atoms with Crippen LogP contribution in [0.4, 0.5) is 0 Å². The Morgan fingerprint density at radius 3 is 2.45 bits per heavy atom. The third-order valence-electron chi connectivity index (χ3n) is 2.99. The van der Waals surface area contributed by atoms with Gasteiger partial charge in [-0.1, -0.05) is 46.9 Å². The third-order valence-corrected chi connectivity index (χ3v) is 4.07. The van der Waals surface area contributed by atoms with E-state index in [1.807, 2.05) is 0 Å². The number of hydrogen-bond acceptors (Lipinski definition) is 3. The summed E-state index contributed by atoms with van der Waals surface area (Å²) in [6.45, 7) is 0. The molecule has 2 aromatic carbocycles. The van der Waals surface area contributed by atoms with E-state index < -0.39 is 5.97 Å². The number of ether oxygens (including phenoxy) is 1. The van der Waals surface area contributed by atoms with E-state index in [2.05, 4.69) is 4.99 Å². The molecular formula is C16H8Cl3NO2. The highest BCUT2D eigenvalue weighted by Crippen LogP contribution is 2.28. The topological polar surface area (TPSA) is 38.7 Å². The molecule has 1 aliphatic rings. The van der Waals surface area contributed by atoms with Crippen LogP contribution in [-0.2, 0) is 9.53 Å². The summed E-state index contributed by atoms with van der Waals surface area (Å²) >= 11 is 17.9. The van der Waals surface area contributed by atoms with Crippen molar-refractivity contribution in [3.05, 3.63) is 74.4 Å². The normalized spacial score (nSPS) is 15.9. The first kappa shape index (κ1) is 15.1. The highest BCUT2D eigenvalue weighted by atomic mass is 35.5. The number of rotatable bonds is 2. The summed E-state index contributed by atoms with van der Waals surface area (Å²) in [5.41, 5.74) is 1.43. The van der Waals surface area contributed by atoms with Gasteiger partial charge in [0.1, 0.15) is 0 Å². The lowest BCUT2D eigenvalue weighted by molar-refractivity contribution is -0.129. The molecule has 3 nitrogen and oxygen atoms in total. The molecule has 0 saturated carbocycles. The molecule has 0 aromatic heterocycles. The molecule has 0 amide bonds. The van der Waals surface area contributed by atoms with Crippen LogP contribution in [0, 0.1) is 0 Å². The second-order valence-electron chi connectivity index (χ2n) is 4.49. The molecule has 0 spiro atoms. The van der Waals surface area contributed by atoms with E-state index in [1.165, 1.54) is 0 Å². The predicted octanol–water partition coefficient (Wildman–Crippen LogP) is 4.99. The molecule has 0 radical (unpaired) electrons. The number of benzene rings is 2. The molecule has 0 aliphatic carbocycles. The van der Waals surface area contributed by atoms with E-state index in [0.717, 1.165) is 0 Å². The molecular weight excluding hydrogens is 345 g/mol. The van der Waals surface area contributed by atoms with Gasteiger partial charge in [-0.2, -0.15) is 0 Å². The maximum atomic E-state index is 11.9. The molecule has 0 unspecified atom stereocenters. The minimum Gasteiger partial charge on any atom is -0.402 e. The molecule has 6 heteroatoms. The second-order valence-corrected chi connectivity index (χ2v) is 5.71. The SMILES string of the molecule is O=C1OC(c2ccc(Cl)cc2)=N/C1=C/c1cccc(Cl)c1Cl. The lowest BCUT2D eigenvalue weighted by Crippen LogP contribution is -2.05. The largest absolute Gasteiger partial charge is 0.402 e. The van der Waals surface area contributed by atoms with E-state index in [1.54, 1.807) is 48.5 Å². The van der Waals surface area contributed by atoms with E-state index in [9.17, 15) is 4.79 Å². The molecule has 0 atom stereocenters. The first-order chi connectivity index (χ1) is 10.5. The quantitative estimate of drug-likeness (QED) is 0.564. The minimum atomic E-state index is -0.541. The Morgan fingerprint density at radius 2 is 1.73 bits per heavy atom. The lowest BCUT2D eigenvalue weighted by atomic mass is 10.2. The summed E-state index contributed by atoms with van der Waals surface area (Å²) in [5.74, 6) is -0.313. The number of carbonyl (C=O) groups is 1. The summed E-state index contributed by atoms with van der Waals surface area (Å²) in [4.78, 5) is 16.1. The molecule has 0 bridgehead atoms. The fraction of sp³-hybridized carbons (Fsp3) is 0. The standard InChI is InChI=1S/C16H8Cl3NO2/c17-11-6-4-9(5-7-11)15-20-13(16(21)22-15)8-10-2-1-3-12(18)14(10)19/h1-8H/b13-8+. The first-order valence-corrected chi connectivity index (χ1v) is 7.40. The Balaban J connectivity index is 1.97. The van der Waals surface area contributed by atoms with Crippen LogP contribution in [0.5, 0.6) is 0 Å².